The van der Waals surface area contributed by atoms with E-state index in [-0.39, 0.29) is 11.7 Å². The van der Waals surface area contributed by atoms with Gasteiger partial charge in [-0.2, -0.15) is 0 Å². The smallest absolute Gasteiger partial charge is 0.233 e. The van der Waals surface area contributed by atoms with E-state index in [4.69, 9.17) is 10.9 Å². The number of fused-ring (bicyclic) bond motifs is 2. The topological polar surface area (TPSA) is 82.2 Å². The highest BCUT2D eigenvalue weighted by Gasteiger charge is 2.37. The summed E-state index contributed by atoms with van der Waals surface area (Å²) in [6.45, 7) is 3.21. The van der Waals surface area contributed by atoms with Crippen LogP contribution in [0.25, 0.3) is 0 Å². The van der Waals surface area contributed by atoms with Crippen LogP contribution in [0, 0.1) is 5.92 Å². The summed E-state index contributed by atoms with van der Waals surface area (Å²) in [6, 6.07) is 1.06. The van der Waals surface area contributed by atoms with Crippen LogP contribution in [-0.4, -0.2) is 59.0 Å². The van der Waals surface area contributed by atoms with Crippen molar-refractivity contribution in [2.45, 2.75) is 38.3 Å². The van der Waals surface area contributed by atoms with Crippen LogP contribution in [0.1, 0.15) is 26.2 Å². The second-order valence-corrected chi connectivity index (χ2v) is 5.37. The number of rotatable bonds is 2. The maximum absolute atomic E-state index is 12.3. The zero-order valence-corrected chi connectivity index (χ0v) is 11.0. The first-order valence-corrected chi connectivity index (χ1v) is 6.52. The molecule has 0 radical (unpaired) electrons. The average molecular weight is 254 g/mol. The summed E-state index contributed by atoms with van der Waals surface area (Å²) in [6.07, 6.45) is 3.41. The molecule has 18 heavy (non-hydrogen) atoms. The van der Waals surface area contributed by atoms with Crippen molar-refractivity contribution in [1.29, 1.82) is 0 Å². The molecular formula is C12H22N4O2. The number of hydrogen-bond acceptors (Lipinski definition) is 4. The van der Waals surface area contributed by atoms with Gasteiger partial charge in [0.2, 0.25) is 5.91 Å². The zero-order valence-electron chi connectivity index (χ0n) is 11.0. The lowest BCUT2D eigenvalue weighted by atomic mass is 10.1. The fourth-order valence-corrected chi connectivity index (χ4v) is 3.00. The van der Waals surface area contributed by atoms with Gasteiger partial charge in [-0.1, -0.05) is 5.16 Å². The minimum absolute atomic E-state index is 0.0113. The molecule has 3 unspecified atom stereocenters. The predicted octanol–water partition coefficient (Wildman–Crippen LogP) is 0.0640. The molecule has 6 heteroatoms. The highest BCUT2D eigenvalue weighted by molar-refractivity contribution is 6.01. The molecule has 6 nitrogen and oxygen atoms in total. The summed E-state index contributed by atoms with van der Waals surface area (Å²) in [5, 5.41) is 11.6. The van der Waals surface area contributed by atoms with Gasteiger partial charge in [-0.15, -0.1) is 0 Å². The Labute approximate surface area is 107 Å². The van der Waals surface area contributed by atoms with Crippen molar-refractivity contribution in [2.24, 2.45) is 16.8 Å². The zero-order chi connectivity index (χ0) is 13.3. The normalized spacial score (nSPS) is 31.2. The molecular weight excluding hydrogens is 232 g/mol. The summed E-state index contributed by atoms with van der Waals surface area (Å²) in [5.74, 6) is -0.592. The highest BCUT2D eigenvalue weighted by Crippen LogP contribution is 2.28. The van der Waals surface area contributed by atoms with Gasteiger partial charge in [-0.05, 0) is 33.2 Å². The highest BCUT2D eigenvalue weighted by atomic mass is 16.4. The molecule has 3 N–H and O–H groups in total. The molecule has 2 rings (SSSR count). The second kappa shape index (κ2) is 5.14. The molecule has 2 bridgehead atoms. The number of amides is 1. The van der Waals surface area contributed by atoms with Gasteiger partial charge < -0.3 is 15.8 Å². The Hall–Kier alpha value is -1.30. The predicted molar refractivity (Wildman–Crippen MR) is 68.3 cm³/mol. The molecule has 0 saturated carbocycles. The Morgan fingerprint density at radius 1 is 1.39 bits per heavy atom. The number of amidine groups is 1. The monoisotopic (exact) mass is 254 g/mol. The Morgan fingerprint density at radius 2 is 2.06 bits per heavy atom. The quantitative estimate of drug-likeness (QED) is 0.316. The van der Waals surface area contributed by atoms with Gasteiger partial charge in [0.25, 0.3) is 0 Å². The van der Waals surface area contributed by atoms with Crippen molar-refractivity contribution in [3.8, 4) is 0 Å². The minimum atomic E-state index is -0.545. The van der Waals surface area contributed by atoms with E-state index in [2.05, 4.69) is 17.1 Å². The van der Waals surface area contributed by atoms with E-state index in [0.29, 0.717) is 12.1 Å². The van der Waals surface area contributed by atoms with E-state index in [0.717, 1.165) is 25.9 Å². The number of nitrogens with two attached hydrogens (primary N) is 1. The van der Waals surface area contributed by atoms with Crippen LogP contribution in [0.4, 0.5) is 0 Å². The molecule has 3 atom stereocenters. The fraction of sp³-hybridized carbons (Fsp3) is 0.833. The van der Waals surface area contributed by atoms with Crippen LogP contribution >= 0.6 is 0 Å². The van der Waals surface area contributed by atoms with E-state index in [9.17, 15) is 4.79 Å². The number of likely N-dealkylation sites (tertiary alicyclic amines) is 1. The van der Waals surface area contributed by atoms with Crippen molar-refractivity contribution in [2.75, 3.05) is 20.1 Å². The summed E-state index contributed by atoms with van der Waals surface area (Å²) in [5.41, 5.74) is 5.51. The van der Waals surface area contributed by atoms with Crippen LogP contribution < -0.4 is 5.73 Å². The number of carbonyl (C=O) groups excluding carboxylic acids is 1. The third-order valence-corrected chi connectivity index (χ3v) is 4.39. The summed E-state index contributed by atoms with van der Waals surface area (Å²) < 4.78 is 0. The number of carbonyl (C=O) groups is 1. The first-order valence-electron chi connectivity index (χ1n) is 6.52. The Bertz CT molecular complexity index is 358. The third kappa shape index (κ3) is 2.29. The van der Waals surface area contributed by atoms with E-state index in [1.807, 2.05) is 4.90 Å². The van der Waals surface area contributed by atoms with Gasteiger partial charge in [-0.25, -0.2) is 0 Å². The van der Waals surface area contributed by atoms with Crippen molar-refractivity contribution in [1.82, 2.24) is 9.80 Å². The lowest BCUT2D eigenvalue weighted by Crippen LogP contribution is -2.44. The maximum atomic E-state index is 12.3. The molecule has 2 aliphatic heterocycles. The van der Waals surface area contributed by atoms with Gasteiger partial charge in [0.05, 0.1) is 5.92 Å². The van der Waals surface area contributed by atoms with Gasteiger partial charge in [0.15, 0.2) is 5.84 Å². The third-order valence-electron chi connectivity index (χ3n) is 4.39. The van der Waals surface area contributed by atoms with Crippen LogP contribution in [0.15, 0.2) is 5.16 Å². The van der Waals surface area contributed by atoms with Gasteiger partial charge in [0, 0.05) is 25.2 Å². The van der Waals surface area contributed by atoms with Crippen molar-refractivity contribution >= 4 is 11.7 Å². The number of hydrogen-bond donors (Lipinski definition) is 2. The molecule has 0 spiro atoms. The van der Waals surface area contributed by atoms with E-state index < -0.39 is 5.92 Å². The van der Waals surface area contributed by atoms with Gasteiger partial charge in [-0.3, -0.25) is 9.69 Å². The molecule has 0 aromatic rings. The lowest BCUT2D eigenvalue weighted by Gasteiger charge is -2.27. The first-order chi connectivity index (χ1) is 8.54. The number of oxime groups is 1. The SMILES string of the molecule is CC(C(=O)N1CCC2CCC(C1)N2C)C(N)=NO. The first kappa shape index (κ1) is 13.1. The molecule has 1 amide bonds. The van der Waals surface area contributed by atoms with Gasteiger partial charge >= 0.3 is 0 Å². The van der Waals surface area contributed by atoms with Crippen LogP contribution in [0.5, 0.6) is 0 Å². The molecule has 102 valence electrons. The van der Waals surface area contributed by atoms with Crippen molar-refractivity contribution in [3.63, 3.8) is 0 Å². The summed E-state index contributed by atoms with van der Waals surface area (Å²) in [7, 11) is 2.14. The van der Waals surface area contributed by atoms with Gasteiger partial charge in [0.1, 0.15) is 0 Å². The Morgan fingerprint density at radius 3 is 2.72 bits per heavy atom. The molecule has 0 aromatic carbocycles. The average Bonchev–Trinajstić information content (AvgIpc) is 2.60. The Balaban J connectivity index is 2.04. The lowest BCUT2D eigenvalue weighted by molar-refractivity contribution is -0.133. The summed E-state index contributed by atoms with van der Waals surface area (Å²) in [4.78, 5) is 16.5. The molecule has 2 saturated heterocycles. The minimum Gasteiger partial charge on any atom is -0.409 e. The summed E-state index contributed by atoms with van der Waals surface area (Å²) >= 11 is 0. The maximum Gasteiger partial charge on any atom is 0.233 e. The van der Waals surface area contributed by atoms with Crippen LogP contribution in [-0.2, 0) is 4.79 Å². The molecule has 0 aliphatic carbocycles. The molecule has 2 aliphatic rings. The van der Waals surface area contributed by atoms with E-state index >= 15 is 0 Å². The molecule has 2 heterocycles. The largest absolute Gasteiger partial charge is 0.409 e. The van der Waals surface area contributed by atoms with E-state index in [1.54, 1.807) is 6.92 Å². The number of nitrogens with zero attached hydrogens (tertiary/aromatic N) is 3. The molecule has 0 aromatic heterocycles. The van der Waals surface area contributed by atoms with Crippen molar-refractivity contribution in [3.05, 3.63) is 0 Å². The molecule has 2 fully saturated rings. The second-order valence-electron chi connectivity index (χ2n) is 5.37. The van der Waals surface area contributed by atoms with E-state index in [1.165, 1.54) is 6.42 Å². The van der Waals surface area contributed by atoms with Crippen LogP contribution in [0.2, 0.25) is 0 Å². The standard InChI is InChI=1S/C12H22N4O2/c1-8(11(13)14-18)12(17)16-6-5-9-3-4-10(7-16)15(9)2/h8-10,18H,3-7H2,1-2H3,(H2,13,14). The van der Waals surface area contributed by atoms with Crippen molar-refractivity contribution < 1.29 is 10.0 Å². The number of likely N-dealkylation sites (N-methyl/N-ethyl adjacent to an activating group) is 1. The van der Waals surface area contributed by atoms with Crippen LogP contribution in [0.3, 0.4) is 0 Å². The Kier molecular flexibility index (Phi) is 3.75. The fourth-order valence-electron chi connectivity index (χ4n) is 3.00.